The summed E-state index contributed by atoms with van der Waals surface area (Å²) in [5.74, 6) is -0.268. The van der Waals surface area contributed by atoms with Gasteiger partial charge >= 0.3 is 0 Å². The van der Waals surface area contributed by atoms with Crippen LogP contribution in [0.15, 0.2) is 30.3 Å². The van der Waals surface area contributed by atoms with Crippen LogP contribution < -0.4 is 5.73 Å². The number of ether oxygens (including phenoxy) is 2. The summed E-state index contributed by atoms with van der Waals surface area (Å²) < 4.78 is 11.4. The minimum absolute atomic E-state index is 0.0578. The predicted octanol–water partition coefficient (Wildman–Crippen LogP) is 1.88. The molecule has 88 valence electrons. The molecule has 0 spiro atoms. The maximum absolute atomic E-state index is 5.85. The van der Waals surface area contributed by atoms with Crippen LogP contribution in [0.25, 0.3) is 0 Å². The maximum atomic E-state index is 5.85. The fourth-order valence-electron chi connectivity index (χ4n) is 2.12. The summed E-state index contributed by atoms with van der Waals surface area (Å²) in [4.78, 5) is 0. The highest BCUT2D eigenvalue weighted by Gasteiger charge is 2.37. The number of benzene rings is 1. The first-order valence-electron chi connectivity index (χ1n) is 5.69. The zero-order valence-corrected chi connectivity index (χ0v) is 9.85. The van der Waals surface area contributed by atoms with E-state index in [1.165, 1.54) is 5.56 Å². The van der Waals surface area contributed by atoms with E-state index in [1.54, 1.807) is 0 Å². The van der Waals surface area contributed by atoms with Crippen LogP contribution >= 0.6 is 0 Å². The molecule has 1 aliphatic rings. The van der Waals surface area contributed by atoms with Crippen LogP contribution in [0.2, 0.25) is 0 Å². The van der Waals surface area contributed by atoms with Crippen LogP contribution in [0, 0.1) is 0 Å². The lowest BCUT2D eigenvalue weighted by Crippen LogP contribution is -2.30. The van der Waals surface area contributed by atoms with Gasteiger partial charge in [0.05, 0.1) is 12.7 Å². The lowest BCUT2D eigenvalue weighted by molar-refractivity contribution is -0.140. The quantitative estimate of drug-likeness (QED) is 0.847. The molecule has 0 saturated carbocycles. The Morgan fingerprint density at radius 3 is 2.56 bits per heavy atom. The zero-order valence-electron chi connectivity index (χ0n) is 9.85. The molecule has 1 aromatic carbocycles. The third-order valence-electron chi connectivity index (χ3n) is 2.96. The number of hydrogen-bond donors (Lipinski definition) is 1. The normalized spacial score (nSPS) is 25.6. The molecule has 2 atom stereocenters. The van der Waals surface area contributed by atoms with E-state index in [-0.39, 0.29) is 12.0 Å². The fraction of sp³-hybridized carbons (Fsp3) is 0.538. The molecule has 16 heavy (non-hydrogen) atoms. The van der Waals surface area contributed by atoms with E-state index in [0.717, 1.165) is 0 Å². The first kappa shape index (κ1) is 11.6. The van der Waals surface area contributed by atoms with E-state index in [4.69, 9.17) is 15.2 Å². The first-order chi connectivity index (χ1) is 7.62. The van der Waals surface area contributed by atoms with Crippen LogP contribution in [-0.4, -0.2) is 25.0 Å². The van der Waals surface area contributed by atoms with Crippen LogP contribution in [-0.2, 0) is 9.47 Å². The van der Waals surface area contributed by atoms with E-state index in [0.29, 0.717) is 13.2 Å². The van der Waals surface area contributed by atoms with Gasteiger partial charge in [0.2, 0.25) is 0 Å². The Kier molecular flexibility index (Phi) is 3.28. The Hall–Kier alpha value is -0.900. The summed E-state index contributed by atoms with van der Waals surface area (Å²) in [5.41, 5.74) is 7.06. The molecular weight excluding hydrogens is 202 g/mol. The third-order valence-corrected chi connectivity index (χ3v) is 2.96. The van der Waals surface area contributed by atoms with Gasteiger partial charge in [-0.3, -0.25) is 0 Å². The topological polar surface area (TPSA) is 44.5 Å². The van der Waals surface area contributed by atoms with E-state index in [1.807, 2.05) is 32.0 Å². The molecule has 1 heterocycles. The van der Waals surface area contributed by atoms with Gasteiger partial charge in [-0.15, -0.1) is 0 Å². The molecule has 1 saturated heterocycles. The molecule has 3 heteroatoms. The fourth-order valence-corrected chi connectivity index (χ4v) is 2.12. The molecule has 1 aromatic rings. The molecule has 1 fully saturated rings. The number of rotatable bonds is 3. The first-order valence-corrected chi connectivity index (χ1v) is 5.69. The average Bonchev–Trinajstić information content (AvgIpc) is 2.62. The van der Waals surface area contributed by atoms with Gasteiger partial charge in [0, 0.05) is 12.5 Å². The van der Waals surface area contributed by atoms with Crippen molar-refractivity contribution in [1.82, 2.24) is 0 Å². The summed E-state index contributed by atoms with van der Waals surface area (Å²) in [7, 11) is 0. The second-order valence-electron chi connectivity index (χ2n) is 4.62. The van der Waals surface area contributed by atoms with Gasteiger partial charge in [0.1, 0.15) is 0 Å². The molecule has 0 amide bonds. The lowest BCUT2D eigenvalue weighted by atomic mass is 9.94. The van der Waals surface area contributed by atoms with Crippen molar-refractivity contribution in [3.63, 3.8) is 0 Å². The van der Waals surface area contributed by atoms with Gasteiger partial charge in [-0.1, -0.05) is 30.3 Å². The zero-order chi connectivity index (χ0) is 11.6. The Labute approximate surface area is 96.5 Å². The molecule has 0 aliphatic carbocycles. The van der Waals surface area contributed by atoms with Crippen LogP contribution in [0.1, 0.15) is 25.3 Å². The molecule has 0 aromatic heterocycles. The monoisotopic (exact) mass is 221 g/mol. The van der Waals surface area contributed by atoms with Crippen LogP contribution in [0.3, 0.4) is 0 Å². The molecule has 0 bridgehead atoms. The lowest BCUT2D eigenvalue weighted by Gasteiger charge is -2.23. The Bertz CT molecular complexity index is 337. The van der Waals surface area contributed by atoms with Gasteiger partial charge in [-0.25, -0.2) is 0 Å². The van der Waals surface area contributed by atoms with Crippen molar-refractivity contribution in [2.75, 3.05) is 13.2 Å². The Morgan fingerprint density at radius 1 is 1.38 bits per heavy atom. The minimum atomic E-state index is -0.479. The molecule has 3 nitrogen and oxygen atoms in total. The maximum Gasteiger partial charge on any atom is 0.163 e. The predicted molar refractivity (Wildman–Crippen MR) is 63.1 cm³/mol. The standard InChI is InChI=1S/C13H19NO2/c1-13(2)15-9-12(16-13)11(8-14)10-6-4-3-5-7-10/h3-7,11-12H,8-9,14H2,1-2H3/t11-,12-/m0/s1. The number of hydrogen-bond acceptors (Lipinski definition) is 3. The molecule has 2 N–H and O–H groups in total. The second kappa shape index (κ2) is 4.53. The Morgan fingerprint density at radius 2 is 2.06 bits per heavy atom. The van der Waals surface area contributed by atoms with E-state index in [9.17, 15) is 0 Å². The highest BCUT2D eigenvalue weighted by Crippen LogP contribution is 2.31. The van der Waals surface area contributed by atoms with Crippen molar-refractivity contribution in [1.29, 1.82) is 0 Å². The second-order valence-corrected chi connectivity index (χ2v) is 4.62. The smallest absolute Gasteiger partial charge is 0.163 e. The molecule has 0 radical (unpaired) electrons. The minimum Gasteiger partial charge on any atom is -0.348 e. The molecule has 0 unspecified atom stereocenters. The SMILES string of the molecule is CC1(C)OC[C@@H]([C@@H](CN)c2ccccc2)O1. The summed E-state index contributed by atoms with van der Waals surface area (Å²) in [6, 6.07) is 10.2. The van der Waals surface area contributed by atoms with Crippen molar-refractivity contribution < 1.29 is 9.47 Å². The van der Waals surface area contributed by atoms with Crippen LogP contribution in [0.4, 0.5) is 0 Å². The van der Waals surface area contributed by atoms with Gasteiger partial charge in [0.15, 0.2) is 5.79 Å². The van der Waals surface area contributed by atoms with Crippen molar-refractivity contribution in [2.45, 2.75) is 31.7 Å². The van der Waals surface area contributed by atoms with E-state index in [2.05, 4.69) is 12.1 Å². The molecule has 1 aliphatic heterocycles. The van der Waals surface area contributed by atoms with Crippen molar-refractivity contribution in [2.24, 2.45) is 5.73 Å². The van der Waals surface area contributed by atoms with Gasteiger partial charge in [0.25, 0.3) is 0 Å². The Balaban J connectivity index is 2.13. The highest BCUT2D eigenvalue weighted by atomic mass is 16.7. The summed E-state index contributed by atoms with van der Waals surface area (Å²) in [6.07, 6.45) is 0.0578. The van der Waals surface area contributed by atoms with Crippen molar-refractivity contribution >= 4 is 0 Å². The largest absolute Gasteiger partial charge is 0.348 e. The summed E-state index contributed by atoms with van der Waals surface area (Å²) in [6.45, 7) is 5.06. The van der Waals surface area contributed by atoms with Crippen molar-refractivity contribution in [3.8, 4) is 0 Å². The summed E-state index contributed by atoms with van der Waals surface area (Å²) in [5, 5.41) is 0. The number of nitrogens with two attached hydrogens (primary N) is 1. The third kappa shape index (κ3) is 2.43. The van der Waals surface area contributed by atoms with Gasteiger partial charge < -0.3 is 15.2 Å². The molecular formula is C13H19NO2. The van der Waals surface area contributed by atoms with Gasteiger partial charge in [-0.05, 0) is 19.4 Å². The summed E-state index contributed by atoms with van der Waals surface area (Å²) >= 11 is 0. The highest BCUT2D eigenvalue weighted by molar-refractivity contribution is 5.21. The van der Waals surface area contributed by atoms with E-state index < -0.39 is 5.79 Å². The van der Waals surface area contributed by atoms with Crippen molar-refractivity contribution in [3.05, 3.63) is 35.9 Å². The average molecular weight is 221 g/mol. The van der Waals surface area contributed by atoms with E-state index >= 15 is 0 Å². The molecule has 2 rings (SSSR count). The van der Waals surface area contributed by atoms with Crippen LogP contribution in [0.5, 0.6) is 0 Å². The van der Waals surface area contributed by atoms with Gasteiger partial charge in [-0.2, -0.15) is 0 Å².